The molecule has 1 atom stereocenters. The van der Waals surface area contributed by atoms with E-state index in [0.717, 1.165) is 18.8 Å². The van der Waals surface area contributed by atoms with Crippen LogP contribution < -0.4 is 4.74 Å². The monoisotopic (exact) mass is 253 g/mol. The standard InChI is InChI=1S/C14H19NO.ClH/c1-15(2)13-4-3-10-7-11-5-6-16-14(11)9-12(10)8-13;/h7,9,13H,3-6,8H2,1-2H3;1H. The van der Waals surface area contributed by atoms with Gasteiger partial charge in [0.2, 0.25) is 0 Å². The molecular formula is C14H20ClNO. The minimum Gasteiger partial charge on any atom is -0.493 e. The van der Waals surface area contributed by atoms with Crippen LogP contribution in [0.3, 0.4) is 0 Å². The first-order valence-electron chi connectivity index (χ1n) is 6.18. The Balaban J connectivity index is 0.00000108. The maximum absolute atomic E-state index is 5.65. The maximum Gasteiger partial charge on any atom is 0.122 e. The predicted molar refractivity (Wildman–Crippen MR) is 72.4 cm³/mol. The summed E-state index contributed by atoms with van der Waals surface area (Å²) >= 11 is 0. The molecule has 3 heteroatoms. The topological polar surface area (TPSA) is 12.5 Å². The molecule has 0 amide bonds. The van der Waals surface area contributed by atoms with Gasteiger partial charge in [0.1, 0.15) is 5.75 Å². The number of rotatable bonds is 1. The van der Waals surface area contributed by atoms with Crippen molar-refractivity contribution in [3.05, 3.63) is 28.8 Å². The van der Waals surface area contributed by atoms with Crippen LogP contribution in [0.1, 0.15) is 23.1 Å². The highest BCUT2D eigenvalue weighted by Crippen LogP contribution is 2.33. The minimum absolute atomic E-state index is 0. The molecule has 1 aliphatic carbocycles. The number of likely N-dealkylation sites (N-methyl/N-ethyl adjacent to an activating group) is 1. The second-order valence-corrected chi connectivity index (χ2v) is 5.19. The van der Waals surface area contributed by atoms with E-state index in [1.165, 1.54) is 30.4 Å². The van der Waals surface area contributed by atoms with E-state index in [1.54, 1.807) is 5.56 Å². The SMILES string of the molecule is CN(C)C1CCc2cc3c(cc2C1)OCC3.Cl. The van der Waals surface area contributed by atoms with Crippen molar-refractivity contribution >= 4 is 12.4 Å². The van der Waals surface area contributed by atoms with Gasteiger partial charge >= 0.3 is 0 Å². The minimum atomic E-state index is 0. The third kappa shape index (κ3) is 2.29. The van der Waals surface area contributed by atoms with Gasteiger partial charge in [0.05, 0.1) is 6.61 Å². The van der Waals surface area contributed by atoms with Crippen molar-refractivity contribution in [1.82, 2.24) is 4.90 Å². The van der Waals surface area contributed by atoms with Gasteiger partial charge in [-0.3, -0.25) is 0 Å². The number of ether oxygens (including phenoxy) is 1. The summed E-state index contributed by atoms with van der Waals surface area (Å²) < 4.78 is 5.65. The number of hydrogen-bond donors (Lipinski definition) is 0. The summed E-state index contributed by atoms with van der Waals surface area (Å²) in [6, 6.07) is 5.36. The van der Waals surface area contributed by atoms with Crippen molar-refractivity contribution in [3.63, 3.8) is 0 Å². The van der Waals surface area contributed by atoms with E-state index in [1.807, 2.05) is 0 Å². The molecule has 0 saturated carbocycles. The average Bonchev–Trinajstić information content (AvgIpc) is 2.71. The fourth-order valence-corrected chi connectivity index (χ4v) is 2.86. The molecule has 1 unspecified atom stereocenters. The maximum atomic E-state index is 5.65. The van der Waals surface area contributed by atoms with Crippen LogP contribution in [0.15, 0.2) is 12.1 Å². The second-order valence-electron chi connectivity index (χ2n) is 5.19. The van der Waals surface area contributed by atoms with Crippen molar-refractivity contribution in [2.24, 2.45) is 0 Å². The molecular weight excluding hydrogens is 234 g/mol. The molecule has 17 heavy (non-hydrogen) atoms. The van der Waals surface area contributed by atoms with Gasteiger partial charge in [0, 0.05) is 12.5 Å². The number of fused-ring (bicyclic) bond motifs is 2. The van der Waals surface area contributed by atoms with Crippen molar-refractivity contribution in [2.45, 2.75) is 31.7 Å². The van der Waals surface area contributed by atoms with Gasteiger partial charge in [0.15, 0.2) is 0 Å². The van der Waals surface area contributed by atoms with Gasteiger partial charge in [-0.25, -0.2) is 0 Å². The van der Waals surface area contributed by atoms with E-state index in [0.29, 0.717) is 6.04 Å². The summed E-state index contributed by atoms with van der Waals surface area (Å²) in [6.07, 6.45) is 4.80. The number of aryl methyl sites for hydroxylation is 1. The Labute approximate surface area is 109 Å². The fraction of sp³-hybridized carbons (Fsp3) is 0.571. The first kappa shape index (κ1) is 12.7. The van der Waals surface area contributed by atoms with Crippen LogP contribution >= 0.6 is 12.4 Å². The molecule has 2 nitrogen and oxygen atoms in total. The molecule has 1 aliphatic heterocycles. The Morgan fingerprint density at radius 2 is 1.94 bits per heavy atom. The molecule has 0 N–H and O–H groups in total. The van der Waals surface area contributed by atoms with Gasteiger partial charge in [-0.1, -0.05) is 6.07 Å². The summed E-state index contributed by atoms with van der Waals surface area (Å²) in [4.78, 5) is 2.34. The quantitative estimate of drug-likeness (QED) is 0.763. The number of nitrogens with zero attached hydrogens (tertiary/aromatic N) is 1. The zero-order chi connectivity index (χ0) is 11.1. The first-order chi connectivity index (χ1) is 7.74. The van der Waals surface area contributed by atoms with Gasteiger partial charge < -0.3 is 9.64 Å². The molecule has 2 aliphatic rings. The van der Waals surface area contributed by atoms with E-state index in [-0.39, 0.29) is 12.4 Å². The normalized spacial score (nSPS) is 21.5. The van der Waals surface area contributed by atoms with E-state index < -0.39 is 0 Å². The molecule has 0 aromatic heterocycles. The number of halogens is 1. The average molecular weight is 254 g/mol. The number of benzene rings is 1. The van der Waals surface area contributed by atoms with Crippen molar-refractivity contribution < 1.29 is 4.74 Å². The molecule has 0 radical (unpaired) electrons. The van der Waals surface area contributed by atoms with Crippen LogP contribution in [0, 0.1) is 0 Å². The Morgan fingerprint density at radius 3 is 2.71 bits per heavy atom. The van der Waals surface area contributed by atoms with Crippen LogP contribution in [0.4, 0.5) is 0 Å². The summed E-state index contributed by atoms with van der Waals surface area (Å²) in [5.41, 5.74) is 4.48. The van der Waals surface area contributed by atoms with Gasteiger partial charge in [0.25, 0.3) is 0 Å². The lowest BCUT2D eigenvalue weighted by atomic mass is 9.86. The van der Waals surface area contributed by atoms with Crippen LogP contribution in [0.5, 0.6) is 5.75 Å². The molecule has 1 heterocycles. The third-order valence-electron chi connectivity index (χ3n) is 3.94. The lowest BCUT2D eigenvalue weighted by Gasteiger charge is -2.30. The van der Waals surface area contributed by atoms with E-state index in [2.05, 4.69) is 31.1 Å². The molecule has 1 aromatic carbocycles. The Morgan fingerprint density at radius 1 is 1.12 bits per heavy atom. The van der Waals surface area contributed by atoms with E-state index >= 15 is 0 Å². The van der Waals surface area contributed by atoms with E-state index in [4.69, 9.17) is 4.74 Å². The molecule has 0 saturated heterocycles. The first-order valence-corrected chi connectivity index (χ1v) is 6.18. The number of hydrogen-bond acceptors (Lipinski definition) is 2. The van der Waals surface area contributed by atoms with Gasteiger partial charge in [-0.15, -0.1) is 12.4 Å². The van der Waals surface area contributed by atoms with Crippen LogP contribution in [0.2, 0.25) is 0 Å². The Kier molecular flexibility index (Phi) is 3.64. The molecule has 94 valence electrons. The summed E-state index contributed by atoms with van der Waals surface area (Å²) in [5, 5.41) is 0. The van der Waals surface area contributed by atoms with Crippen LogP contribution in [-0.2, 0) is 19.3 Å². The molecule has 1 aromatic rings. The Hall–Kier alpha value is -0.730. The predicted octanol–water partition coefficient (Wildman–Crippen LogP) is 2.46. The molecule has 0 bridgehead atoms. The highest BCUT2D eigenvalue weighted by Gasteiger charge is 2.23. The largest absolute Gasteiger partial charge is 0.493 e. The lowest BCUT2D eigenvalue weighted by molar-refractivity contribution is 0.267. The summed E-state index contributed by atoms with van der Waals surface area (Å²) in [7, 11) is 4.36. The van der Waals surface area contributed by atoms with Crippen LogP contribution in [0.25, 0.3) is 0 Å². The summed E-state index contributed by atoms with van der Waals surface area (Å²) in [5.74, 6) is 1.14. The van der Waals surface area contributed by atoms with Crippen molar-refractivity contribution in [3.8, 4) is 5.75 Å². The molecule has 3 rings (SSSR count). The summed E-state index contributed by atoms with van der Waals surface area (Å²) in [6.45, 7) is 0.870. The van der Waals surface area contributed by atoms with Gasteiger partial charge in [-0.05, 0) is 56.1 Å². The Bertz CT molecular complexity index is 417. The molecule has 0 fully saturated rings. The van der Waals surface area contributed by atoms with Gasteiger partial charge in [-0.2, -0.15) is 0 Å². The molecule has 0 spiro atoms. The van der Waals surface area contributed by atoms with E-state index in [9.17, 15) is 0 Å². The smallest absolute Gasteiger partial charge is 0.122 e. The highest BCUT2D eigenvalue weighted by atomic mass is 35.5. The fourth-order valence-electron chi connectivity index (χ4n) is 2.86. The highest BCUT2D eigenvalue weighted by molar-refractivity contribution is 5.85. The zero-order valence-corrected chi connectivity index (χ0v) is 11.3. The van der Waals surface area contributed by atoms with Crippen molar-refractivity contribution in [1.29, 1.82) is 0 Å². The third-order valence-corrected chi connectivity index (χ3v) is 3.94. The van der Waals surface area contributed by atoms with Crippen molar-refractivity contribution in [2.75, 3.05) is 20.7 Å². The second kappa shape index (κ2) is 4.87. The zero-order valence-electron chi connectivity index (χ0n) is 10.5. The van der Waals surface area contributed by atoms with Crippen LogP contribution in [-0.4, -0.2) is 31.6 Å². The lowest BCUT2D eigenvalue weighted by Crippen LogP contribution is -2.33.